The van der Waals surface area contributed by atoms with Gasteiger partial charge in [-0.2, -0.15) is 5.06 Å². The van der Waals surface area contributed by atoms with Crippen LogP contribution >= 0.6 is 23.2 Å². The van der Waals surface area contributed by atoms with E-state index in [2.05, 4.69) is 5.32 Å². The zero-order valence-electron chi connectivity index (χ0n) is 21.3. The van der Waals surface area contributed by atoms with Gasteiger partial charge in [-0.1, -0.05) is 35.3 Å². The number of benzene rings is 3. The number of carbonyl (C=O) groups is 2. The van der Waals surface area contributed by atoms with Crippen molar-refractivity contribution in [3.8, 4) is 11.5 Å². The molecule has 4 rings (SSSR count). The van der Waals surface area contributed by atoms with Gasteiger partial charge in [-0.3, -0.25) is 10.1 Å². The molecule has 0 spiro atoms. The Balaban J connectivity index is 1.73. The molecule has 1 aliphatic heterocycles. The lowest BCUT2D eigenvalue weighted by molar-refractivity contribution is -0.0954. The number of ether oxygens (including phenoxy) is 2. The van der Waals surface area contributed by atoms with Crippen molar-refractivity contribution in [2.45, 2.75) is 32.1 Å². The summed E-state index contributed by atoms with van der Waals surface area (Å²) in [7, 11) is 3.09. The normalized spacial score (nSPS) is 16.4. The number of hydroxylamine groups is 2. The molecule has 3 aromatic carbocycles. The number of carbonyl (C=O) groups excluding carboxylic acids is 2. The number of nitrogens with one attached hydrogen (secondary N) is 1. The minimum Gasteiger partial charge on any atom is -0.497 e. The van der Waals surface area contributed by atoms with Gasteiger partial charge in [0.2, 0.25) is 0 Å². The molecule has 2 N–H and O–H groups in total. The van der Waals surface area contributed by atoms with E-state index in [1.165, 1.54) is 4.90 Å². The Bertz CT molecular complexity index is 1330. The Morgan fingerprint density at radius 2 is 1.61 bits per heavy atom. The largest absolute Gasteiger partial charge is 0.497 e. The fourth-order valence-electron chi connectivity index (χ4n) is 4.49. The molecule has 9 nitrogen and oxygen atoms in total. The van der Waals surface area contributed by atoms with Crippen molar-refractivity contribution in [2.24, 2.45) is 0 Å². The van der Waals surface area contributed by atoms with E-state index in [4.69, 9.17) is 32.7 Å². The number of urea groups is 2. The number of nitrogens with zero attached hydrogens (tertiary/aromatic N) is 3. The molecule has 0 bridgehead atoms. The van der Waals surface area contributed by atoms with E-state index < -0.39 is 23.8 Å². The van der Waals surface area contributed by atoms with Gasteiger partial charge >= 0.3 is 12.1 Å². The molecule has 38 heavy (non-hydrogen) atoms. The average Bonchev–Trinajstić information content (AvgIpc) is 3.08. The van der Waals surface area contributed by atoms with Crippen LogP contribution in [0.25, 0.3) is 0 Å². The van der Waals surface area contributed by atoms with Crippen molar-refractivity contribution >= 4 is 46.6 Å². The lowest BCUT2D eigenvalue weighted by Gasteiger charge is -2.38. The molecule has 1 saturated heterocycles. The van der Waals surface area contributed by atoms with E-state index in [0.717, 1.165) is 5.56 Å². The monoisotopic (exact) mass is 558 g/mol. The summed E-state index contributed by atoms with van der Waals surface area (Å²) in [5, 5.41) is 15.2. The van der Waals surface area contributed by atoms with Crippen molar-refractivity contribution in [1.82, 2.24) is 9.96 Å². The molecule has 0 saturated carbocycles. The summed E-state index contributed by atoms with van der Waals surface area (Å²) < 4.78 is 10.8. The predicted octanol–water partition coefficient (Wildman–Crippen LogP) is 6.48. The van der Waals surface area contributed by atoms with E-state index in [1.54, 1.807) is 99.7 Å². The van der Waals surface area contributed by atoms with Crippen molar-refractivity contribution in [3.05, 3.63) is 82.3 Å². The molecule has 1 atom stereocenters. The Hall–Kier alpha value is -3.66. The van der Waals surface area contributed by atoms with Crippen LogP contribution < -0.4 is 19.7 Å². The summed E-state index contributed by atoms with van der Waals surface area (Å²) in [6, 6.07) is 17.2. The summed E-state index contributed by atoms with van der Waals surface area (Å²) in [4.78, 5) is 30.1. The number of amides is 4. The quantitative estimate of drug-likeness (QED) is 0.255. The van der Waals surface area contributed by atoms with Gasteiger partial charge in [0, 0.05) is 34.0 Å². The van der Waals surface area contributed by atoms with Crippen LogP contribution in [0, 0.1) is 0 Å². The van der Waals surface area contributed by atoms with Crippen LogP contribution in [0.2, 0.25) is 10.0 Å². The summed E-state index contributed by atoms with van der Waals surface area (Å²) in [6.07, 6.45) is -1.12. The van der Waals surface area contributed by atoms with Gasteiger partial charge in [0.15, 0.2) is 6.17 Å². The average molecular weight is 559 g/mol. The second-order valence-electron chi connectivity index (χ2n) is 9.25. The molecule has 0 aliphatic carbocycles. The predicted molar refractivity (Wildman–Crippen MR) is 146 cm³/mol. The third kappa shape index (κ3) is 5.45. The Morgan fingerprint density at radius 1 is 1.00 bits per heavy atom. The fourth-order valence-corrected chi connectivity index (χ4v) is 4.87. The molecular formula is C27H28Cl2N4O5. The fraction of sp³-hybridized carbons (Fsp3) is 0.259. The van der Waals surface area contributed by atoms with Crippen LogP contribution in [0.3, 0.4) is 0 Å². The topological polar surface area (TPSA) is 94.6 Å². The van der Waals surface area contributed by atoms with E-state index in [9.17, 15) is 14.8 Å². The van der Waals surface area contributed by atoms with E-state index in [1.807, 2.05) is 0 Å². The molecule has 200 valence electrons. The minimum atomic E-state index is -1.12. The smallest absolute Gasteiger partial charge is 0.347 e. The number of hydrogen-bond acceptors (Lipinski definition) is 5. The minimum absolute atomic E-state index is 0.150. The standard InChI is InChI=1S/C27H28Cl2N4O5/c1-27(2)24(33(36)25(34)30-20-9-5-7-18(28)13-20)32(21-10-6-8-19(29)14-21)26(35)31(27)16-17-11-22(37-3)15-23(12-17)38-4/h5-15,24,36H,16H2,1-4H3,(H,30,34)/t24-/m0/s1. The first-order valence-electron chi connectivity index (χ1n) is 11.7. The zero-order valence-corrected chi connectivity index (χ0v) is 22.8. The van der Waals surface area contributed by atoms with Gasteiger partial charge < -0.3 is 19.7 Å². The summed E-state index contributed by atoms with van der Waals surface area (Å²) >= 11 is 12.3. The second kappa shape index (κ2) is 11.0. The third-order valence-electron chi connectivity index (χ3n) is 6.36. The van der Waals surface area contributed by atoms with Crippen LogP contribution in [-0.2, 0) is 6.54 Å². The van der Waals surface area contributed by atoms with Gasteiger partial charge in [0.25, 0.3) is 0 Å². The summed E-state index contributed by atoms with van der Waals surface area (Å²) in [6.45, 7) is 3.69. The molecule has 0 aromatic heterocycles. The van der Waals surface area contributed by atoms with Crippen LogP contribution in [0.1, 0.15) is 19.4 Å². The molecule has 11 heteroatoms. The molecule has 4 amide bonds. The van der Waals surface area contributed by atoms with Crippen molar-refractivity contribution in [3.63, 3.8) is 0 Å². The van der Waals surface area contributed by atoms with Gasteiger partial charge in [0.05, 0.1) is 19.8 Å². The first kappa shape index (κ1) is 27.4. The highest BCUT2D eigenvalue weighted by atomic mass is 35.5. The lowest BCUT2D eigenvalue weighted by Crippen LogP contribution is -2.58. The van der Waals surface area contributed by atoms with Crippen molar-refractivity contribution in [2.75, 3.05) is 24.4 Å². The van der Waals surface area contributed by atoms with Crippen LogP contribution in [-0.4, -0.2) is 53.2 Å². The van der Waals surface area contributed by atoms with Crippen LogP contribution in [0.5, 0.6) is 11.5 Å². The van der Waals surface area contributed by atoms with Gasteiger partial charge in [-0.25, -0.2) is 9.59 Å². The maximum Gasteiger partial charge on any atom is 0.347 e. The van der Waals surface area contributed by atoms with E-state index in [-0.39, 0.29) is 6.54 Å². The van der Waals surface area contributed by atoms with Gasteiger partial charge in [-0.15, -0.1) is 0 Å². The Kier molecular flexibility index (Phi) is 7.91. The van der Waals surface area contributed by atoms with Crippen LogP contribution in [0.15, 0.2) is 66.7 Å². The molecule has 3 aromatic rings. The molecule has 1 fully saturated rings. The number of methoxy groups -OCH3 is 2. The molecule has 1 aliphatic rings. The number of halogens is 2. The summed E-state index contributed by atoms with van der Waals surface area (Å²) in [5.74, 6) is 1.13. The first-order valence-corrected chi connectivity index (χ1v) is 12.4. The van der Waals surface area contributed by atoms with Gasteiger partial charge in [0.1, 0.15) is 11.5 Å². The molecular weight excluding hydrogens is 531 g/mol. The molecule has 0 radical (unpaired) electrons. The van der Waals surface area contributed by atoms with Crippen molar-refractivity contribution in [1.29, 1.82) is 0 Å². The number of anilines is 2. The second-order valence-corrected chi connectivity index (χ2v) is 10.1. The maximum atomic E-state index is 13.9. The lowest BCUT2D eigenvalue weighted by atomic mass is 9.99. The molecule has 1 heterocycles. The van der Waals surface area contributed by atoms with E-state index in [0.29, 0.717) is 38.0 Å². The Labute approximate surface area is 231 Å². The molecule has 0 unspecified atom stereocenters. The van der Waals surface area contributed by atoms with Crippen LogP contribution in [0.4, 0.5) is 21.0 Å². The number of rotatable bonds is 7. The first-order chi connectivity index (χ1) is 18.0. The van der Waals surface area contributed by atoms with Gasteiger partial charge in [-0.05, 0) is 67.9 Å². The highest BCUT2D eigenvalue weighted by molar-refractivity contribution is 6.31. The van der Waals surface area contributed by atoms with Crippen molar-refractivity contribution < 1.29 is 24.3 Å². The third-order valence-corrected chi connectivity index (χ3v) is 6.83. The zero-order chi connectivity index (χ0) is 27.6. The maximum absolute atomic E-state index is 13.9. The Morgan fingerprint density at radius 3 is 2.18 bits per heavy atom. The summed E-state index contributed by atoms with van der Waals surface area (Å²) in [5.41, 5.74) is 0.470. The van der Waals surface area contributed by atoms with E-state index >= 15 is 0 Å². The SMILES string of the molecule is COc1cc(CN2C(=O)N(c3cccc(Cl)c3)[C@@H](N(O)C(=O)Nc3cccc(Cl)c3)C2(C)C)cc(OC)c1. The highest BCUT2D eigenvalue weighted by Crippen LogP contribution is 2.40. The number of hydrogen-bond donors (Lipinski definition) is 2. The highest BCUT2D eigenvalue weighted by Gasteiger charge is 2.56.